The highest BCUT2D eigenvalue weighted by molar-refractivity contribution is 14.1. The number of hydrogen-bond donors (Lipinski definition) is 1. The number of ether oxygens (including phenoxy) is 1. The van der Waals surface area contributed by atoms with Gasteiger partial charge in [0.25, 0.3) is 11.6 Å². The van der Waals surface area contributed by atoms with Gasteiger partial charge in [-0.05, 0) is 86.1 Å². The van der Waals surface area contributed by atoms with Crippen LogP contribution in [0.25, 0.3) is 6.08 Å². The molecule has 0 bridgehead atoms. The molecule has 0 fully saturated rings. The van der Waals surface area contributed by atoms with E-state index < -0.39 is 10.8 Å². The second-order valence-electron chi connectivity index (χ2n) is 6.66. The van der Waals surface area contributed by atoms with Crippen LogP contribution in [0.4, 0.5) is 15.8 Å². The minimum Gasteiger partial charge on any atom is -0.487 e. The van der Waals surface area contributed by atoms with Gasteiger partial charge in [-0.25, -0.2) is 4.39 Å². The molecule has 0 saturated heterocycles. The Morgan fingerprint density at radius 3 is 2.61 bits per heavy atom. The molecular formula is C23H14BrFIN3O4. The third-order valence-corrected chi connectivity index (χ3v) is 5.70. The van der Waals surface area contributed by atoms with Gasteiger partial charge in [0.2, 0.25) is 0 Å². The Bertz CT molecular complexity index is 1270. The maximum Gasteiger partial charge on any atom is 0.271 e. The molecule has 33 heavy (non-hydrogen) atoms. The van der Waals surface area contributed by atoms with Crippen molar-refractivity contribution in [2.45, 2.75) is 6.61 Å². The maximum atomic E-state index is 13.1. The lowest BCUT2D eigenvalue weighted by Gasteiger charge is -2.12. The van der Waals surface area contributed by atoms with Crippen molar-refractivity contribution in [3.63, 3.8) is 0 Å². The van der Waals surface area contributed by atoms with E-state index in [1.165, 1.54) is 42.5 Å². The number of benzene rings is 3. The molecule has 1 N–H and O–H groups in total. The Morgan fingerprint density at radius 1 is 1.24 bits per heavy atom. The molecule has 0 aromatic heterocycles. The third-order valence-electron chi connectivity index (χ3n) is 4.31. The highest BCUT2D eigenvalue weighted by Gasteiger charge is 2.14. The number of carbonyl (C=O) groups is 1. The summed E-state index contributed by atoms with van der Waals surface area (Å²) < 4.78 is 20.2. The van der Waals surface area contributed by atoms with Gasteiger partial charge in [-0.1, -0.05) is 18.2 Å². The normalized spacial score (nSPS) is 10.9. The molecule has 0 spiro atoms. The molecular weight excluding hydrogens is 608 g/mol. The van der Waals surface area contributed by atoms with Crippen molar-refractivity contribution in [3.05, 3.63) is 101 Å². The van der Waals surface area contributed by atoms with Crippen LogP contribution >= 0.6 is 38.5 Å². The second-order valence-corrected chi connectivity index (χ2v) is 8.68. The SMILES string of the molecule is N#C/C(=C\c1cc(Br)c(OCc2ccc(F)cc2)c(I)c1)C(=O)Nc1cccc([N+](=O)[O-])c1. The zero-order valence-electron chi connectivity index (χ0n) is 16.7. The largest absolute Gasteiger partial charge is 0.487 e. The van der Waals surface area contributed by atoms with E-state index in [9.17, 15) is 24.6 Å². The van der Waals surface area contributed by atoms with Crippen molar-refractivity contribution in [1.29, 1.82) is 5.26 Å². The van der Waals surface area contributed by atoms with Gasteiger partial charge in [0.05, 0.1) is 13.0 Å². The van der Waals surface area contributed by atoms with Gasteiger partial charge < -0.3 is 10.1 Å². The van der Waals surface area contributed by atoms with Crippen molar-refractivity contribution in [2.24, 2.45) is 0 Å². The van der Waals surface area contributed by atoms with E-state index in [1.54, 1.807) is 24.3 Å². The number of nitriles is 1. The molecule has 7 nitrogen and oxygen atoms in total. The average molecular weight is 622 g/mol. The Morgan fingerprint density at radius 2 is 1.97 bits per heavy atom. The molecule has 1 amide bonds. The fourth-order valence-electron chi connectivity index (χ4n) is 2.75. The monoisotopic (exact) mass is 621 g/mol. The maximum absolute atomic E-state index is 13.1. The van der Waals surface area contributed by atoms with Crippen LogP contribution < -0.4 is 10.1 Å². The van der Waals surface area contributed by atoms with Crippen LogP contribution in [0.1, 0.15) is 11.1 Å². The van der Waals surface area contributed by atoms with E-state index in [1.807, 2.05) is 6.07 Å². The summed E-state index contributed by atoms with van der Waals surface area (Å²) in [5.74, 6) is -0.453. The number of hydrogen-bond acceptors (Lipinski definition) is 5. The lowest BCUT2D eigenvalue weighted by atomic mass is 10.1. The van der Waals surface area contributed by atoms with Gasteiger partial charge in [-0.15, -0.1) is 0 Å². The van der Waals surface area contributed by atoms with Crippen LogP contribution in [0.3, 0.4) is 0 Å². The molecule has 3 aromatic carbocycles. The number of nitrogens with one attached hydrogen (secondary N) is 1. The third kappa shape index (κ3) is 6.59. The summed E-state index contributed by atoms with van der Waals surface area (Å²) in [6.07, 6.45) is 1.41. The fraction of sp³-hybridized carbons (Fsp3) is 0.0435. The molecule has 10 heteroatoms. The van der Waals surface area contributed by atoms with Crippen LogP contribution in [-0.2, 0) is 11.4 Å². The summed E-state index contributed by atoms with van der Waals surface area (Å²) in [5, 5.41) is 22.8. The molecule has 166 valence electrons. The number of nitro benzene ring substituents is 1. The van der Waals surface area contributed by atoms with E-state index in [0.29, 0.717) is 15.8 Å². The average Bonchev–Trinajstić information content (AvgIpc) is 2.78. The molecule has 3 aromatic rings. The summed E-state index contributed by atoms with van der Waals surface area (Å²) in [5.41, 5.74) is 1.23. The molecule has 3 rings (SSSR count). The van der Waals surface area contributed by atoms with E-state index in [0.717, 1.165) is 9.13 Å². The van der Waals surface area contributed by atoms with Crippen molar-refractivity contribution < 1.29 is 18.8 Å². The van der Waals surface area contributed by atoms with Gasteiger partial charge in [0, 0.05) is 17.8 Å². The summed E-state index contributed by atoms with van der Waals surface area (Å²) in [6, 6.07) is 16.7. The number of carbonyl (C=O) groups excluding carboxylic acids is 1. The molecule has 0 atom stereocenters. The van der Waals surface area contributed by atoms with Crippen LogP contribution in [0.15, 0.2) is 70.7 Å². The highest BCUT2D eigenvalue weighted by Crippen LogP contribution is 2.33. The Labute approximate surface area is 210 Å². The molecule has 0 aliphatic heterocycles. The first-order valence-electron chi connectivity index (χ1n) is 9.30. The summed E-state index contributed by atoms with van der Waals surface area (Å²) in [4.78, 5) is 22.8. The lowest BCUT2D eigenvalue weighted by Crippen LogP contribution is -2.13. The molecule has 0 unspecified atom stereocenters. The number of rotatable bonds is 7. The van der Waals surface area contributed by atoms with E-state index in [4.69, 9.17) is 4.74 Å². The van der Waals surface area contributed by atoms with Gasteiger partial charge in [-0.2, -0.15) is 5.26 Å². The summed E-state index contributed by atoms with van der Waals surface area (Å²) in [6.45, 7) is 0.235. The minimum atomic E-state index is -0.694. The predicted molar refractivity (Wildman–Crippen MR) is 133 cm³/mol. The van der Waals surface area contributed by atoms with Gasteiger partial charge in [-0.3, -0.25) is 14.9 Å². The first-order valence-corrected chi connectivity index (χ1v) is 11.2. The molecule has 0 aliphatic carbocycles. The van der Waals surface area contributed by atoms with Gasteiger partial charge in [0.1, 0.15) is 29.8 Å². The number of halogens is 3. The fourth-order valence-corrected chi connectivity index (χ4v) is 4.52. The summed E-state index contributed by atoms with van der Waals surface area (Å²) in [7, 11) is 0. The van der Waals surface area contributed by atoms with E-state index >= 15 is 0 Å². The van der Waals surface area contributed by atoms with Crippen LogP contribution in [0.5, 0.6) is 5.75 Å². The first kappa shape index (κ1) is 24.3. The van der Waals surface area contributed by atoms with Crippen LogP contribution in [0, 0.1) is 30.8 Å². The lowest BCUT2D eigenvalue weighted by molar-refractivity contribution is -0.384. The molecule has 0 aliphatic rings. The number of anilines is 1. The minimum absolute atomic E-state index is 0.176. The van der Waals surface area contributed by atoms with E-state index in [2.05, 4.69) is 43.8 Å². The van der Waals surface area contributed by atoms with Crippen molar-refractivity contribution in [2.75, 3.05) is 5.32 Å². The zero-order chi connectivity index (χ0) is 24.0. The molecule has 0 saturated carbocycles. The number of amides is 1. The Balaban J connectivity index is 1.77. The number of non-ortho nitro benzene ring substituents is 1. The highest BCUT2D eigenvalue weighted by atomic mass is 127. The van der Waals surface area contributed by atoms with E-state index in [-0.39, 0.29) is 29.4 Å². The first-order chi connectivity index (χ1) is 15.8. The Kier molecular flexibility index (Phi) is 8.13. The standard InChI is InChI=1S/C23H14BrFIN3O4/c24-20-9-15(10-21(26)22(20)33-13-14-4-6-17(25)7-5-14)8-16(12-27)23(30)28-18-2-1-3-19(11-18)29(31)32/h1-11H,13H2,(H,28,30)/b16-8+. The Hall–Kier alpha value is -3.30. The molecule has 0 radical (unpaired) electrons. The summed E-state index contributed by atoms with van der Waals surface area (Å²) >= 11 is 5.51. The van der Waals surface area contributed by atoms with Crippen molar-refractivity contribution in [3.8, 4) is 11.8 Å². The van der Waals surface area contributed by atoms with Crippen LogP contribution in [0.2, 0.25) is 0 Å². The predicted octanol–water partition coefficient (Wildman–Crippen LogP) is 6.23. The smallest absolute Gasteiger partial charge is 0.271 e. The van der Waals surface area contributed by atoms with Crippen molar-refractivity contribution >= 4 is 61.9 Å². The number of nitro groups is 1. The quantitative estimate of drug-likeness (QED) is 0.111. The van der Waals surface area contributed by atoms with Gasteiger partial charge in [0.15, 0.2) is 0 Å². The molecule has 0 heterocycles. The van der Waals surface area contributed by atoms with Gasteiger partial charge >= 0.3 is 0 Å². The van der Waals surface area contributed by atoms with Crippen LogP contribution in [-0.4, -0.2) is 10.8 Å². The van der Waals surface area contributed by atoms with Crippen molar-refractivity contribution in [1.82, 2.24) is 0 Å². The second kappa shape index (κ2) is 11.0. The topological polar surface area (TPSA) is 105 Å². The zero-order valence-corrected chi connectivity index (χ0v) is 20.5. The number of nitrogens with zero attached hydrogens (tertiary/aromatic N) is 2.